The summed E-state index contributed by atoms with van der Waals surface area (Å²) >= 11 is 0. The van der Waals surface area contributed by atoms with Gasteiger partial charge in [-0.3, -0.25) is 4.68 Å². The first-order chi connectivity index (χ1) is 10.0. The lowest BCUT2D eigenvalue weighted by molar-refractivity contribution is 0.561. The molecule has 0 radical (unpaired) electrons. The van der Waals surface area contributed by atoms with Crippen molar-refractivity contribution in [2.75, 3.05) is 6.54 Å². The SMILES string of the molecule is CCCNC(C)c1c(C)nn(Cc2ccccc2F)c1C. The quantitative estimate of drug-likeness (QED) is 0.877. The molecule has 0 spiro atoms. The molecule has 1 aromatic heterocycles. The Morgan fingerprint density at radius 2 is 2.00 bits per heavy atom. The van der Waals surface area contributed by atoms with Crippen molar-refractivity contribution in [1.29, 1.82) is 0 Å². The van der Waals surface area contributed by atoms with E-state index in [1.165, 1.54) is 11.6 Å². The molecule has 3 nitrogen and oxygen atoms in total. The highest BCUT2D eigenvalue weighted by molar-refractivity contribution is 5.29. The second-order valence-corrected chi connectivity index (χ2v) is 5.51. The number of halogens is 1. The molecule has 21 heavy (non-hydrogen) atoms. The van der Waals surface area contributed by atoms with Crippen molar-refractivity contribution < 1.29 is 4.39 Å². The van der Waals surface area contributed by atoms with Crippen LogP contribution in [0.3, 0.4) is 0 Å². The van der Waals surface area contributed by atoms with E-state index >= 15 is 0 Å². The Balaban J connectivity index is 2.25. The van der Waals surface area contributed by atoms with E-state index in [0.29, 0.717) is 12.1 Å². The van der Waals surface area contributed by atoms with E-state index in [-0.39, 0.29) is 11.9 Å². The number of benzene rings is 1. The van der Waals surface area contributed by atoms with Gasteiger partial charge in [0.1, 0.15) is 5.82 Å². The first-order valence-corrected chi connectivity index (χ1v) is 7.55. The van der Waals surface area contributed by atoms with Gasteiger partial charge >= 0.3 is 0 Å². The number of aryl methyl sites for hydroxylation is 1. The zero-order chi connectivity index (χ0) is 15.4. The fraction of sp³-hybridized carbons (Fsp3) is 0.471. The standard InChI is InChI=1S/C17H24FN3/c1-5-10-19-12(2)17-13(3)20-21(14(17)4)11-15-8-6-7-9-16(15)18/h6-9,12,19H,5,10-11H2,1-4H3. The Morgan fingerprint density at radius 1 is 1.29 bits per heavy atom. The number of hydrogen-bond donors (Lipinski definition) is 1. The monoisotopic (exact) mass is 289 g/mol. The third-order valence-corrected chi connectivity index (χ3v) is 3.85. The Kier molecular flexibility index (Phi) is 5.12. The second-order valence-electron chi connectivity index (χ2n) is 5.51. The summed E-state index contributed by atoms with van der Waals surface area (Å²) < 4.78 is 15.7. The van der Waals surface area contributed by atoms with Crippen LogP contribution >= 0.6 is 0 Å². The van der Waals surface area contributed by atoms with Gasteiger partial charge < -0.3 is 5.32 Å². The lowest BCUT2D eigenvalue weighted by Crippen LogP contribution is -2.20. The normalized spacial score (nSPS) is 12.6. The highest BCUT2D eigenvalue weighted by atomic mass is 19.1. The number of nitrogens with one attached hydrogen (secondary N) is 1. The van der Waals surface area contributed by atoms with E-state index in [0.717, 1.165) is 24.4 Å². The van der Waals surface area contributed by atoms with Crippen molar-refractivity contribution >= 4 is 0 Å². The molecule has 1 aromatic carbocycles. The van der Waals surface area contributed by atoms with Crippen LogP contribution in [-0.4, -0.2) is 16.3 Å². The van der Waals surface area contributed by atoms with Crippen LogP contribution in [0.1, 0.15) is 48.8 Å². The molecule has 114 valence electrons. The maximum absolute atomic E-state index is 13.8. The maximum Gasteiger partial charge on any atom is 0.128 e. The molecule has 0 fully saturated rings. The molecular weight excluding hydrogens is 265 g/mol. The number of aromatic nitrogens is 2. The molecule has 4 heteroatoms. The van der Waals surface area contributed by atoms with Gasteiger partial charge in [-0.15, -0.1) is 0 Å². The van der Waals surface area contributed by atoms with E-state index in [1.807, 2.05) is 23.7 Å². The predicted octanol–water partition coefficient (Wildman–Crippen LogP) is 3.75. The Morgan fingerprint density at radius 3 is 2.67 bits per heavy atom. The van der Waals surface area contributed by atoms with Crippen LogP contribution in [0.25, 0.3) is 0 Å². The second kappa shape index (κ2) is 6.85. The van der Waals surface area contributed by atoms with E-state index < -0.39 is 0 Å². The molecule has 0 bridgehead atoms. The molecule has 0 aliphatic rings. The minimum atomic E-state index is -0.177. The molecular formula is C17H24FN3. The maximum atomic E-state index is 13.8. The minimum absolute atomic E-state index is 0.177. The van der Waals surface area contributed by atoms with Crippen LogP contribution in [-0.2, 0) is 6.54 Å². The summed E-state index contributed by atoms with van der Waals surface area (Å²) in [5.41, 5.74) is 4.01. The minimum Gasteiger partial charge on any atom is -0.310 e. The van der Waals surface area contributed by atoms with Crippen LogP contribution in [0.5, 0.6) is 0 Å². The third kappa shape index (κ3) is 3.50. The summed E-state index contributed by atoms with van der Waals surface area (Å²) in [6.07, 6.45) is 1.10. The number of rotatable bonds is 6. The fourth-order valence-electron chi connectivity index (χ4n) is 2.74. The zero-order valence-corrected chi connectivity index (χ0v) is 13.3. The highest BCUT2D eigenvalue weighted by Gasteiger charge is 2.17. The molecule has 0 aliphatic carbocycles. The van der Waals surface area contributed by atoms with Gasteiger partial charge in [-0.2, -0.15) is 5.10 Å². The topological polar surface area (TPSA) is 29.9 Å². The van der Waals surface area contributed by atoms with Crippen LogP contribution in [0, 0.1) is 19.7 Å². The molecule has 2 rings (SSSR count). The summed E-state index contributed by atoms with van der Waals surface area (Å²) in [5, 5.41) is 8.08. The van der Waals surface area contributed by atoms with E-state index in [2.05, 4.69) is 31.2 Å². The van der Waals surface area contributed by atoms with Crippen molar-refractivity contribution in [1.82, 2.24) is 15.1 Å². The number of hydrogen-bond acceptors (Lipinski definition) is 2. The van der Waals surface area contributed by atoms with Gasteiger partial charge in [0.25, 0.3) is 0 Å². The Bertz CT molecular complexity index is 604. The highest BCUT2D eigenvalue weighted by Crippen LogP contribution is 2.22. The van der Waals surface area contributed by atoms with Gasteiger partial charge in [-0.25, -0.2) is 4.39 Å². The fourth-order valence-corrected chi connectivity index (χ4v) is 2.74. The first kappa shape index (κ1) is 15.7. The average molecular weight is 289 g/mol. The first-order valence-electron chi connectivity index (χ1n) is 7.55. The van der Waals surface area contributed by atoms with E-state index in [4.69, 9.17) is 0 Å². The predicted molar refractivity (Wildman–Crippen MR) is 83.9 cm³/mol. The molecule has 0 amide bonds. The van der Waals surface area contributed by atoms with Gasteiger partial charge in [0.2, 0.25) is 0 Å². The van der Waals surface area contributed by atoms with Crippen molar-refractivity contribution in [3.63, 3.8) is 0 Å². The lowest BCUT2D eigenvalue weighted by Gasteiger charge is -2.14. The van der Waals surface area contributed by atoms with Gasteiger partial charge in [0, 0.05) is 22.9 Å². The van der Waals surface area contributed by atoms with E-state index in [9.17, 15) is 4.39 Å². The van der Waals surface area contributed by atoms with Gasteiger partial charge in [-0.1, -0.05) is 25.1 Å². The summed E-state index contributed by atoms with van der Waals surface area (Å²) in [7, 11) is 0. The zero-order valence-electron chi connectivity index (χ0n) is 13.3. The molecule has 2 aromatic rings. The smallest absolute Gasteiger partial charge is 0.128 e. The summed E-state index contributed by atoms with van der Waals surface area (Å²) in [6, 6.07) is 7.13. The Labute approximate surface area is 126 Å². The van der Waals surface area contributed by atoms with Crippen LogP contribution in [0.4, 0.5) is 4.39 Å². The van der Waals surface area contributed by atoms with Gasteiger partial charge in [0.05, 0.1) is 12.2 Å². The molecule has 0 saturated carbocycles. The van der Waals surface area contributed by atoms with Crippen LogP contribution in [0.2, 0.25) is 0 Å². The summed E-state index contributed by atoms with van der Waals surface area (Å²) in [5.74, 6) is -0.177. The molecule has 0 aliphatic heterocycles. The summed E-state index contributed by atoms with van der Waals surface area (Å²) in [6.45, 7) is 9.84. The van der Waals surface area contributed by atoms with Crippen LogP contribution in [0.15, 0.2) is 24.3 Å². The van der Waals surface area contributed by atoms with E-state index in [1.54, 1.807) is 6.07 Å². The third-order valence-electron chi connectivity index (χ3n) is 3.85. The molecule has 1 atom stereocenters. The summed E-state index contributed by atoms with van der Waals surface area (Å²) in [4.78, 5) is 0. The molecule has 0 saturated heterocycles. The van der Waals surface area contributed by atoms with Gasteiger partial charge in [0.15, 0.2) is 0 Å². The molecule has 1 heterocycles. The largest absolute Gasteiger partial charge is 0.310 e. The van der Waals surface area contributed by atoms with Crippen molar-refractivity contribution in [2.45, 2.75) is 46.7 Å². The average Bonchev–Trinajstić information content (AvgIpc) is 2.73. The molecule has 1 unspecified atom stereocenters. The Hall–Kier alpha value is -1.68. The number of nitrogens with zero attached hydrogens (tertiary/aromatic N) is 2. The van der Waals surface area contributed by atoms with Crippen LogP contribution < -0.4 is 5.32 Å². The lowest BCUT2D eigenvalue weighted by atomic mass is 10.1. The van der Waals surface area contributed by atoms with Crippen molar-refractivity contribution in [2.24, 2.45) is 0 Å². The van der Waals surface area contributed by atoms with Crippen molar-refractivity contribution in [3.8, 4) is 0 Å². The van der Waals surface area contributed by atoms with Crippen molar-refractivity contribution in [3.05, 3.63) is 52.6 Å². The molecule has 1 N–H and O–H groups in total. The van der Waals surface area contributed by atoms with Gasteiger partial charge in [-0.05, 0) is 39.8 Å².